The van der Waals surface area contributed by atoms with Crippen LogP contribution in [0.5, 0.6) is 0 Å². The maximum Gasteiger partial charge on any atom is 0.262 e. The largest absolute Gasteiger partial charge is 0.314 e. The number of sulfonamides is 1. The number of hydrogen-bond acceptors (Lipinski definition) is 7. The predicted octanol–water partition coefficient (Wildman–Crippen LogP) is 2.22. The number of rotatable bonds is 6. The summed E-state index contributed by atoms with van der Waals surface area (Å²) in [7, 11) is -3.95. The number of anilines is 1. The van der Waals surface area contributed by atoms with Crippen molar-refractivity contribution in [3.8, 4) is 5.69 Å². The van der Waals surface area contributed by atoms with Gasteiger partial charge in [-0.2, -0.15) is 9.40 Å². The van der Waals surface area contributed by atoms with Gasteiger partial charge >= 0.3 is 0 Å². The molecule has 2 amide bonds. The Hall–Kier alpha value is -3.06. The van der Waals surface area contributed by atoms with Crippen LogP contribution in [0.15, 0.2) is 53.7 Å². The number of thiophene rings is 1. The summed E-state index contributed by atoms with van der Waals surface area (Å²) >= 11 is 1.14. The lowest BCUT2D eigenvalue weighted by Crippen LogP contribution is -2.49. The summed E-state index contributed by atoms with van der Waals surface area (Å²) in [5.74, 6) is -1.51. The fraction of sp³-hybridized carbons (Fsp3) is 0.250. The van der Waals surface area contributed by atoms with Gasteiger partial charge in [-0.1, -0.05) is 13.8 Å². The van der Waals surface area contributed by atoms with Gasteiger partial charge in [0.2, 0.25) is 10.0 Å². The van der Waals surface area contributed by atoms with Crippen molar-refractivity contribution in [1.29, 1.82) is 0 Å². The Kier molecular flexibility index (Phi) is 5.86. The molecule has 1 aromatic carbocycles. The van der Waals surface area contributed by atoms with Gasteiger partial charge in [-0.05, 0) is 42.3 Å². The summed E-state index contributed by atoms with van der Waals surface area (Å²) in [4.78, 5) is 25.2. The van der Waals surface area contributed by atoms with Gasteiger partial charge in [-0.3, -0.25) is 14.8 Å². The van der Waals surface area contributed by atoms with E-state index in [-0.39, 0.29) is 23.3 Å². The molecule has 32 heavy (non-hydrogen) atoms. The first-order valence-electron chi connectivity index (χ1n) is 9.72. The highest BCUT2D eigenvalue weighted by Gasteiger charge is 2.44. The molecule has 12 heteroatoms. The van der Waals surface area contributed by atoms with Gasteiger partial charge in [0.25, 0.3) is 11.8 Å². The van der Waals surface area contributed by atoms with Crippen molar-refractivity contribution >= 4 is 38.2 Å². The second-order valence-electron chi connectivity index (χ2n) is 7.56. The first-order chi connectivity index (χ1) is 15.2. The molecule has 10 nitrogen and oxygen atoms in total. The molecule has 0 bridgehead atoms. The Morgan fingerprint density at radius 2 is 1.94 bits per heavy atom. The molecule has 3 heterocycles. The Balaban J connectivity index is 1.51. The number of nitrogens with one attached hydrogen (secondary N) is 2. The van der Waals surface area contributed by atoms with Crippen LogP contribution in [0.2, 0.25) is 0 Å². The van der Waals surface area contributed by atoms with E-state index in [0.717, 1.165) is 21.3 Å². The Morgan fingerprint density at radius 3 is 2.50 bits per heavy atom. The SMILES string of the molecule is CC(C)C(C(=O)NO)N1Cc2sc(NC(=O)c3ccc(-n4cccn4)cc3)cc2S1(=O)=O. The lowest BCUT2D eigenvalue weighted by molar-refractivity contribution is -0.134. The van der Waals surface area contributed by atoms with Crippen molar-refractivity contribution in [3.63, 3.8) is 0 Å². The number of hydroxylamine groups is 1. The second kappa shape index (κ2) is 8.47. The maximum absolute atomic E-state index is 13.0. The van der Waals surface area contributed by atoms with Gasteiger partial charge in [-0.25, -0.2) is 18.6 Å². The van der Waals surface area contributed by atoms with E-state index in [9.17, 15) is 18.0 Å². The quantitative estimate of drug-likeness (QED) is 0.370. The number of fused-ring (bicyclic) bond motifs is 1. The summed E-state index contributed by atoms with van der Waals surface area (Å²) < 4.78 is 28.8. The van der Waals surface area contributed by atoms with Crippen LogP contribution < -0.4 is 10.8 Å². The van der Waals surface area contributed by atoms with Gasteiger partial charge in [0.05, 0.1) is 22.1 Å². The minimum absolute atomic E-state index is 0.00691. The molecule has 4 rings (SSSR count). The topological polar surface area (TPSA) is 134 Å². The van der Waals surface area contributed by atoms with Crippen LogP contribution in [0, 0.1) is 5.92 Å². The van der Waals surface area contributed by atoms with E-state index < -0.39 is 22.0 Å². The summed E-state index contributed by atoms with van der Waals surface area (Å²) in [6.45, 7) is 3.39. The third kappa shape index (κ3) is 3.93. The van der Waals surface area contributed by atoms with Gasteiger partial charge in [0.1, 0.15) is 6.04 Å². The van der Waals surface area contributed by atoms with Crippen LogP contribution in [-0.2, 0) is 21.4 Å². The predicted molar refractivity (Wildman–Crippen MR) is 117 cm³/mol. The first kappa shape index (κ1) is 22.1. The van der Waals surface area contributed by atoms with E-state index in [0.29, 0.717) is 15.4 Å². The number of carbonyl (C=O) groups is 2. The van der Waals surface area contributed by atoms with Gasteiger partial charge in [-0.15, -0.1) is 11.3 Å². The van der Waals surface area contributed by atoms with Crippen molar-refractivity contribution in [2.24, 2.45) is 5.92 Å². The zero-order valence-corrected chi connectivity index (χ0v) is 18.9. The molecule has 3 N–H and O–H groups in total. The lowest BCUT2D eigenvalue weighted by atomic mass is 10.0. The Morgan fingerprint density at radius 1 is 1.22 bits per heavy atom. The highest BCUT2D eigenvalue weighted by molar-refractivity contribution is 7.89. The molecule has 1 atom stereocenters. The van der Waals surface area contributed by atoms with Crippen LogP contribution in [-0.4, -0.2) is 45.6 Å². The van der Waals surface area contributed by atoms with E-state index in [1.807, 2.05) is 0 Å². The molecule has 0 fully saturated rings. The highest BCUT2D eigenvalue weighted by Crippen LogP contribution is 2.41. The van der Waals surface area contributed by atoms with Gasteiger partial charge in [0, 0.05) is 22.8 Å². The minimum atomic E-state index is -3.95. The third-order valence-electron chi connectivity index (χ3n) is 5.11. The van der Waals surface area contributed by atoms with Crippen molar-refractivity contribution in [2.75, 3.05) is 5.32 Å². The van der Waals surface area contributed by atoms with Crippen LogP contribution in [0.3, 0.4) is 0 Å². The standard InChI is InChI=1S/C20H21N5O5S2/c1-12(2)18(20(27)23-28)25-11-15-16(32(25,29)30)10-17(31-15)22-19(26)13-4-6-14(7-5-13)24-9-3-8-21-24/h3-10,12,18,28H,11H2,1-2H3,(H,22,26)(H,23,27). The number of nitrogens with zero attached hydrogens (tertiary/aromatic N) is 3. The molecule has 0 spiro atoms. The molecule has 3 aromatic rings. The summed E-state index contributed by atoms with van der Waals surface area (Å²) in [6, 6.07) is 8.99. The Labute approximate surface area is 188 Å². The first-order valence-corrected chi connectivity index (χ1v) is 12.0. The molecule has 2 aromatic heterocycles. The molecule has 0 aliphatic carbocycles. The average molecular weight is 476 g/mol. The molecule has 1 aliphatic rings. The van der Waals surface area contributed by atoms with Crippen molar-refractivity contribution < 1.29 is 23.2 Å². The number of benzene rings is 1. The third-order valence-corrected chi connectivity index (χ3v) is 8.17. The van der Waals surface area contributed by atoms with E-state index in [1.165, 1.54) is 6.07 Å². The van der Waals surface area contributed by atoms with Gasteiger partial charge in [0.15, 0.2) is 0 Å². The molecule has 0 saturated heterocycles. The van der Waals surface area contributed by atoms with E-state index >= 15 is 0 Å². The van der Waals surface area contributed by atoms with E-state index in [4.69, 9.17) is 5.21 Å². The summed E-state index contributed by atoms with van der Waals surface area (Å²) in [5.41, 5.74) is 2.76. The minimum Gasteiger partial charge on any atom is -0.314 e. The van der Waals surface area contributed by atoms with Crippen LogP contribution >= 0.6 is 11.3 Å². The normalized spacial score (nSPS) is 16.0. The fourth-order valence-electron chi connectivity index (χ4n) is 3.61. The lowest BCUT2D eigenvalue weighted by Gasteiger charge is -2.27. The van der Waals surface area contributed by atoms with E-state index in [1.54, 1.807) is 66.7 Å². The highest BCUT2D eigenvalue weighted by atomic mass is 32.2. The maximum atomic E-state index is 13.0. The number of aromatic nitrogens is 2. The van der Waals surface area contributed by atoms with Crippen LogP contribution in [0.4, 0.5) is 5.00 Å². The molecule has 0 radical (unpaired) electrons. The van der Waals surface area contributed by atoms with Crippen LogP contribution in [0.1, 0.15) is 29.1 Å². The summed E-state index contributed by atoms with van der Waals surface area (Å²) in [5, 5.41) is 16.3. The number of hydrogen-bond donors (Lipinski definition) is 3. The van der Waals surface area contributed by atoms with Gasteiger partial charge < -0.3 is 5.32 Å². The molecule has 168 valence electrons. The smallest absolute Gasteiger partial charge is 0.262 e. The summed E-state index contributed by atoms with van der Waals surface area (Å²) in [6.07, 6.45) is 3.45. The Bertz CT molecular complexity index is 1250. The number of carbonyl (C=O) groups excluding carboxylic acids is 2. The molecular formula is C20H21N5O5S2. The zero-order valence-electron chi connectivity index (χ0n) is 17.2. The molecular weight excluding hydrogens is 454 g/mol. The van der Waals surface area contributed by atoms with Crippen molar-refractivity contribution in [2.45, 2.75) is 31.3 Å². The zero-order chi connectivity index (χ0) is 23.0. The molecule has 1 aliphatic heterocycles. The molecule has 1 unspecified atom stereocenters. The fourth-order valence-corrected chi connectivity index (χ4v) is 6.96. The second-order valence-corrected chi connectivity index (χ2v) is 10.6. The number of amides is 2. The van der Waals surface area contributed by atoms with E-state index in [2.05, 4.69) is 10.4 Å². The molecule has 0 saturated carbocycles. The average Bonchev–Trinajstić information content (AvgIpc) is 3.47. The van der Waals surface area contributed by atoms with Crippen LogP contribution in [0.25, 0.3) is 5.69 Å². The monoisotopic (exact) mass is 475 g/mol. The van der Waals surface area contributed by atoms with Crippen molar-refractivity contribution in [1.82, 2.24) is 19.6 Å². The van der Waals surface area contributed by atoms with Crippen molar-refractivity contribution in [3.05, 3.63) is 59.2 Å².